The molecule has 0 atom stereocenters. The summed E-state index contributed by atoms with van der Waals surface area (Å²) < 4.78 is 28.9. The molecule has 0 unspecified atom stereocenters. The number of nitrogens with one attached hydrogen (secondary N) is 2. The highest BCUT2D eigenvalue weighted by molar-refractivity contribution is 7.92. The molecule has 0 fully saturated rings. The van der Waals surface area contributed by atoms with E-state index < -0.39 is 10.0 Å². The van der Waals surface area contributed by atoms with Crippen molar-refractivity contribution < 1.29 is 13.2 Å². The highest BCUT2D eigenvalue weighted by Gasteiger charge is 2.18. The first-order valence-electron chi connectivity index (χ1n) is 9.74. The fourth-order valence-corrected chi connectivity index (χ4v) is 5.67. The van der Waals surface area contributed by atoms with Crippen molar-refractivity contribution in [2.75, 3.05) is 10.0 Å². The minimum atomic E-state index is -3.89. The summed E-state index contributed by atoms with van der Waals surface area (Å²) in [5.74, 6) is -0.244. The van der Waals surface area contributed by atoms with Gasteiger partial charge in [0.1, 0.15) is 4.88 Å². The van der Waals surface area contributed by atoms with E-state index in [9.17, 15) is 13.2 Å². The molecule has 1 amide bonds. The maximum atomic E-state index is 12.8. The molecule has 0 saturated carbocycles. The number of anilines is 2. The summed E-state index contributed by atoms with van der Waals surface area (Å²) in [4.78, 5) is 21.6. The van der Waals surface area contributed by atoms with Gasteiger partial charge >= 0.3 is 0 Å². The minimum absolute atomic E-state index is 0.0235. The summed E-state index contributed by atoms with van der Waals surface area (Å²) in [5.41, 5.74) is 1.69. The summed E-state index contributed by atoms with van der Waals surface area (Å²) in [7, 11) is -3.89. The van der Waals surface area contributed by atoms with Gasteiger partial charge in [-0.3, -0.25) is 14.5 Å². The van der Waals surface area contributed by atoms with E-state index in [1.807, 2.05) is 30.3 Å². The van der Waals surface area contributed by atoms with E-state index in [0.717, 1.165) is 10.1 Å². The third-order valence-corrected chi connectivity index (χ3v) is 7.90. The number of para-hydroxylation sites is 2. The standard InChI is InChI=1S/C23H15ClN4O3S2/c24-21-16-5-1-4-8-19(16)32-22(21)23(29)26-14-9-11-15(12-10-14)33(30,31)28-20-13-25-17-6-2-3-7-18(17)27-20/h1-13H,(H,26,29)(H,27,28). The van der Waals surface area contributed by atoms with Crippen LogP contribution < -0.4 is 10.0 Å². The predicted octanol–water partition coefficient (Wildman–Crippen LogP) is 5.55. The Labute approximate surface area is 198 Å². The number of rotatable bonds is 5. The van der Waals surface area contributed by atoms with Crippen LogP contribution in [0.2, 0.25) is 5.02 Å². The van der Waals surface area contributed by atoms with E-state index in [2.05, 4.69) is 20.0 Å². The lowest BCUT2D eigenvalue weighted by Crippen LogP contribution is -2.15. The summed E-state index contributed by atoms with van der Waals surface area (Å²) in [5, 5.41) is 3.97. The Kier molecular flexibility index (Phi) is 5.45. The molecule has 164 valence electrons. The molecule has 0 bridgehead atoms. The van der Waals surface area contributed by atoms with E-state index in [1.54, 1.807) is 18.2 Å². The Morgan fingerprint density at radius 3 is 2.36 bits per heavy atom. The third-order valence-electron chi connectivity index (χ3n) is 4.85. The van der Waals surface area contributed by atoms with Crippen molar-refractivity contribution >= 4 is 71.5 Å². The number of nitrogens with zero attached hydrogens (tertiary/aromatic N) is 2. The number of halogens is 1. The molecule has 7 nitrogen and oxygen atoms in total. The number of aromatic nitrogens is 2. The van der Waals surface area contributed by atoms with Gasteiger partial charge in [0, 0.05) is 15.8 Å². The molecule has 5 aromatic rings. The van der Waals surface area contributed by atoms with Gasteiger partial charge in [0.2, 0.25) is 0 Å². The molecule has 2 N–H and O–H groups in total. The first kappa shape index (κ1) is 21.3. The lowest BCUT2D eigenvalue weighted by atomic mass is 10.2. The first-order chi connectivity index (χ1) is 15.9. The van der Waals surface area contributed by atoms with Crippen LogP contribution in [0.15, 0.2) is 83.9 Å². The molecule has 0 saturated heterocycles. The zero-order valence-electron chi connectivity index (χ0n) is 16.8. The van der Waals surface area contributed by atoms with Gasteiger partial charge < -0.3 is 5.32 Å². The Balaban J connectivity index is 1.33. The lowest BCUT2D eigenvalue weighted by Gasteiger charge is -2.09. The first-order valence-corrected chi connectivity index (χ1v) is 12.4. The van der Waals surface area contributed by atoms with Gasteiger partial charge in [0.15, 0.2) is 5.82 Å². The van der Waals surface area contributed by atoms with Crippen molar-refractivity contribution in [2.45, 2.75) is 4.90 Å². The largest absolute Gasteiger partial charge is 0.321 e. The Hall–Kier alpha value is -3.53. The van der Waals surface area contributed by atoms with Crippen molar-refractivity contribution in [2.24, 2.45) is 0 Å². The molecule has 2 aromatic heterocycles. The van der Waals surface area contributed by atoms with E-state index >= 15 is 0 Å². The van der Waals surface area contributed by atoms with Crippen molar-refractivity contribution in [3.63, 3.8) is 0 Å². The van der Waals surface area contributed by atoms with Crippen molar-refractivity contribution in [1.29, 1.82) is 0 Å². The molecule has 33 heavy (non-hydrogen) atoms. The molecule has 5 rings (SSSR count). The Morgan fingerprint density at radius 1 is 0.909 bits per heavy atom. The van der Waals surface area contributed by atoms with Gasteiger partial charge in [-0.15, -0.1) is 11.3 Å². The zero-order valence-corrected chi connectivity index (χ0v) is 19.2. The maximum absolute atomic E-state index is 12.8. The monoisotopic (exact) mass is 494 g/mol. The van der Waals surface area contributed by atoms with E-state index in [1.165, 1.54) is 41.8 Å². The second-order valence-corrected chi connectivity index (χ2v) is 10.2. The smallest absolute Gasteiger partial charge is 0.267 e. The molecule has 3 aromatic carbocycles. The van der Waals surface area contributed by atoms with Crippen molar-refractivity contribution in [3.8, 4) is 0 Å². The average molecular weight is 495 g/mol. The van der Waals surface area contributed by atoms with Gasteiger partial charge in [-0.25, -0.2) is 13.4 Å². The summed E-state index contributed by atoms with van der Waals surface area (Å²) in [6.07, 6.45) is 1.36. The summed E-state index contributed by atoms with van der Waals surface area (Å²) in [6, 6.07) is 20.5. The second-order valence-electron chi connectivity index (χ2n) is 7.07. The normalized spacial score (nSPS) is 11.5. The molecule has 2 heterocycles. The van der Waals surface area contributed by atoms with Crippen LogP contribution in [0.5, 0.6) is 0 Å². The van der Waals surface area contributed by atoms with E-state index in [-0.39, 0.29) is 16.6 Å². The molecular formula is C23H15ClN4O3S2. The molecule has 10 heteroatoms. The number of fused-ring (bicyclic) bond motifs is 2. The van der Waals surface area contributed by atoms with E-state index in [4.69, 9.17) is 11.6 Å². The number of amides is 1. The molecule has 0 spiro atoms. The van der Waals surface area contributed by atoms with Gasteiger partial charge in [-0.1, -0.05) is 41.9 Å². The van der Waals surface area contributed by atoms with Crippen LogP contribution in [0.25, 0.3) is 21.1 Å². The van der Waals surface area contributed by atoms with Crippen LogP contribution in [0.4, 0.5) is 11.5 Å². The zero-order chi connectivity index (χ0) is 23.0. The number of hydrogen-bond acceptors (Lipinski definition) is 6. The van der Waals surface area contributed by atoms with Crippen molar-refractivity contribution in [3.05, 3.63) is 88.9 Å². The van der Waals surface area contributed by atoms with Gasteiger partial charge in [0.05, 0.1) is 27.1 Å². The molecule has 0 aliphatic rings. The fourth-order valence-electron chi connectivity index (χ4n) is 3.27. The topological polar surface area (TPSA) is 101 Å². The fraction of sp³-hybridized carbons (Fsp3) is 0. The number of thiophene rings is 1. The minimum Gasteiger partial charge on any atom is -0.321 e. The number of carbonyl (C=O) groups excluding carboxylic acids is 1. The van der Waals surface area contributed by atoms with Crippen LogP contribution in [0, 0.1) is 0 Å². The van der Waals surface area contributed by atoms with Crippen LogP contribution in [0.3, 0.4) is 0 Å². The van der Waals surface area contributed by atoms with Crippen LogP contribution in [-0.2, 0) is 10.0 Å². The second kappa shape index (κ2) is 8.43. The van der Waals surface area contributed by atoms with Crippen LogP contribution in [0.1, 0.15) is 9.67 Å². The molecule has 0 aliphatic heterocycles. The van der Waals surface area contributed by atoms with Crippen LogP contribution >= 0.6 is 22.9 Å². The summed E-state index contributed by atoms with van der Waals surface area (Å²) >= 11 is 7.67. The maximum Gasteiger partial charge on any atom is 0.267 e. The molecule has 0 radical (unpaired) electrons. The SMILES string of the molecule is O=C(Nc1ccc(S(=O)(=O)Nc2cnc3ccccc3n2)cc1)c1sc2ccccc2c1Cl. The lowest BCUT2D eigenvalue weighted by molar-refractivity contribution is 0.103. The van der Waals surface area contributed by atoms with Gasteiger partial charge in [-0.05, 0) is 42.5 Å². The molecular weight excluding hydrogens is 480 g/mol. The number of carbonyl (C=O) groups is 1. The number of hydrogen-bond donors (Lipinski definition) is 2. The van der Waals surface area contributed by atoms with E-state index in [0.29, 0.717) is 26.6 Å². The Bertz CT molecular complexity index is 1620. The third kappa shape index (κ3) is 4.25. The van der Waals surface area contributed by atoms with Crippen LogP contribution in [-0.4, -0.2) is 24.3 Å². The number of sulfonamides is 1. The van der Waals surface area contributed by atoms with Crippen molar-refractivity contribution in [1.82, 2.24) is 9.97 Å². The quantitative estimate of drug-likeness (QED) is 0.333. The summed E-state index contributed by atoms with van der Waals surface area (Å²) in [6.45, 7) is 0. The number of benzene rings is 3. The highest BCUT2D eigenvalue weighted by atomic mass is 35.5. The molecule has 0 aliphatic carbocycles. The Morgan fingerprint density at radius 2 is 1.61 bits per heavy atom. The highest BCUT2D eigenvalue weighted by Crippen LogP contribution is 2.35. The predicted molar refractivity (Wildman–Crippen MR) is 132 cm³/mol. The average Bonchev–Trinajstić information content (AvgIpc) is 3.16. The van der Waals surface area contributed by atoms with Gasteiger partial charge in [-0.2, -0.15) is 0 Å². The van der Waals surface area contributed by atoms with Gasteiger partial charge in [0.25, 0.3) is 15.9 Å².